The molecule has 0 spiro atoms. The van der Waals surface area contributed by atoms with Gasteiger partial charge in [0.2, 0.25) is 0 Å². The van der Waals surface area contributed by atoms with Crippen LogP contribution in [0.1, 0.15) is 11.5 Å². The monoisotopic (exact) mass is 225 g/mol. The molecule has 0 radical (unpaired) electrons. The van der Waals surface area contributed by atoms with E-state index in [4.69, 9.17) is 11.6 Å². The van der Waals surface area contributed by atoms with E-state index in [0.717, 1.165) is 18.1 Å². The second-order valence-corrected chi connectivity index (χ2v) is 4.76. The Bertz CT molecular complexity index is 342. The van der Waals surface area contributed by atoms with Gasteiger partial charge >= 0.3 is 0 Å². The minimum atomic E-state index is 0.252. The molecule has 1 fully saturated rings. The number of halogens is 1. The van der Waals surface area contributed by atoms with Gasteiger partial charge in [0, 0.05) is 36.6 Å². The van der Waals surface area contributed by atoms with Crippen LogP contribution in [0.3, 0.4) is 0 Å². The van der Waals surface area contributed by atoms with E-state index in [1.165, 1.54) is 5.56 Å². The normalized spacial score (nSPS) is 27.1. The highest BCUT2D eigenvalue weighted by atomic mass is 35.5. The molecule has 2 rings (SSSR count). The van der Waals surface area contributed by atoms with Crippen molar-refractivity contribution in [3.8, 4) is 0 Å². The maximum absolute atomic E-state index is 9.33. The number of benzene rings is 1. The molecular formula is C12H16ClNO. The fourth-order valence-corrected chi connectivity index (χ4v) is 2.59. The molecule has 0 saturated carbocycles. The van der Waals surface area contributed by atoms with E-state index in [1.54, 1.807) is 0 Å². The predicted molar refractivity (Wildman–Crippen MR) is 62.3 cm³/mol. The van der Waals surface area contributed by atoms with Gasteiger partial charge in [0.15, 0.2) is 0 Å². The number of likely N-dealkylation sites (tertiary alicyclic amines) is 1. The van der Waals surface area contributed by atoms with Crippen molar-refractivity contribution in [2.45, 2.75) is 5.92 Å². The summed E-state index contributed by atoms with van der Waals surface area (Å²) in [7, 11) is 2.09. The van der Waals surface area contributed by atoms with Crippen LogP contribution in [0.15, 0.2) is 24.3 Å². The quantitative estimate of drug-likeness (QED) is 0.832. The third-order valence-corrected chi connectivity index (χ3v) is 3.37. The number of nitrogens with zero attached hydrogens (tertiary/aromatic N) is 1. The first-order chi connectivity index (χ1) is 7.20. The molecule has 1 aromatic rings. The maximum atomic E-state index is 9.33. The lowest BCUT2D eigenvalue weighted by Gasteiger charge is -2.16. The molecule has 1 heterocycles. The van der Waals surface area contributed by atoms with Crippen molar-refractivity contribution in [2.24, 2.45) is 5.92 Å². The Hall–Kier alpha value is -0.570. The molecule has 1 aliphatic rings. The van der Waals surface area contributed by atoms with E-state index in [2.05, 4.69) is 18.0 Å². The van der Waals surface area contributed by atoms with Crippen molar-refractivity contribution in [1.82, 2.24) is 4.90 Å². The van der Waals surface area contributed by atoms with E-state index >= 15 is 0 Å². The molecule has 1 aliphatic heterocycles. The van der Waals surface area contributed by atoms with E-state index in [9.17, 15) is 5.11 Å². The molecule has 1 N–H and O–H groups in total. The zero-order chi connectivity index (χ0) is 10.8. The van der Waals surface area contributed by atoms with Gasteiger partial charge in [-0.3, -0.25) is 0 Å². The summed E-state index contributed by atoms with van der Waals surface area (Å²) in [5.74, 6) is 0.757. The highest BCUT2D eigenvalue weighted by Gasteiger charge is 2.31. The summed E-state index contributed by atoms with van der Waals surface area (Å²) in [6.07, 6.45) is 0. The van der Waals surface area contributed by atoms with Gasteiger partial charge in [-0.05, 0) is 24.7 Å². The molecule has 0 bridgehead atoms. The van der Waals surface area contributed by atoms with Crippen LogP contribution in [0, 0.1) is 5.92 Å². The molecular weight excluding hydrogens is 210 g/mol. The molecule has 2 atom stereocenters. The lowest BCUT2D eigenvalue weighted by Crippen LogP contribution is -2.15. The van der Waals surface area contributed by atoms with Crippen molar-refractivity contribution in [3.05, 3.63) is 34.9 Å². The largest absolute Gasteiger partial charge is 0.396 e. The summed E-state index contributed by atoms with van der Waals surface area (Å²) in [5, 5.41) is 10.1. The molecule has 1 aromatic carbocycles. The Balaban J connectivity index is 2.22. The van der Waals surface area contributed by atoms with Crippen LogP contribution in [-0.4, -0.2) is 36.8 Å². The van der Waals surface area contributed by atoms with Gasteiger partial charge in [0.1, 0.15) is 0 Å². The smallest absolute Gasteiger partial charge is 0.0477 e. The van der Waals surface area contributed by atoms with E-state index in [1.807, 2.05) is 18.2 Å². The molecule has 0 unspecified atom stereocenters. The molecule has 0 amide bonds. The van der Waals surface area contributed by atoms with Crippen LogP contribution in [0.5, 0.6) is 0 Å². The minimum Gasteiger partial charge on any atom is -0.396 e. The second kappa shape index (κ2) is 4.52. The maximum Gasteiger partial charge on any atom is 0.0477 e. The minimum absolute atomic E-state index is 0.252. The average Bonchev–Trinajstić information content (AvgIpc) is 2.59. The Morgan fingerprint density at radius 2 is 2.27 bits per heavy atom. The van der Waals surface area contributed by atoms with Crippen molar-refractivity contribution in [3.63, 3.8) is 0 Å². The van der Waals surface area contributed by atoms with Gasteiger partial charge in [0.05, 0.1) is 0 Å². The lowest BCUT2D eigenvalue weighted by molar-refractivity contribution is 0.219. The number of hydrogen-bond acceptors (Lipinski definition) is 2. The summed E-state index contributed by atoms with van der Waals surface area (Å²) >= 11 is 5.97. The number of aliphatic hydroxyl groups excluding tert-OH is 1. The topological polar surface area (TPSA) is 23.5 Å². The number of rotatable bonds is 2. The molecule has 3 heteroatoms. The Morgan fingerprint density at radius 3 is 2.93 bits per heavy atom. The molecule has 0 aliphatic carbocycles. The summed E-state index contributed by atoms with van der Waals surface area (Å²) < 4.78 is 0. The highest BCUT2D eigenvalue weighted by molar-refractivity contribution is 6.30. The van der Waals surface area contributed by atoms with E-state index in [0.29, 0.717) is 11.8 Å². The Morgan fingerprint density at radius 1 is 1.47 bits per heavy atom. The fraction of sp³-hybridized carbons (Fsp3) is 0.500. The van der Waals surface area contributed by atoms with Crippen LogP contribution >= 0.6 is 11.6 Å². The van der Waals surface area contributed by atoms with Crippen molar-refractivity contribution in [2.75, 3.05) is 26.7 Å². The zero-order valence-corrected chi connectivity index (χ0v) is 9.61. The highest BCUT2D eigenvalue weighted by Crippen LogP contribution is 2.32. The lowest BCUT2D eigenvalue weighted by atomic mass is 9.90. The predicted octanol–water partition coefficient (Wildman–Crippen LogP) is 1.98. The Kier molecular flexibility index (Phi) is 3.29. The van der Waals surface area contributed by atoms with Gasteiger partial charge in [-0.15, -0.1) is 0 Å². The molecule has 2 nitrogen and oxygen atoms in total. The molecule has 0 aromatic heterocycles. The van der Waals surface area contributed by atoms with E-state index < -0.39 is 0 Å². The standard InChI is InChI=1S/C12H16ClNO/c1-14-6-10(8-15)12(7-14)9-3-2-4-11(13)5-9/h2-5,10,12,15H,6-8H2,1H3/t10-,12+/m1/s1. The van der Waals surface area contributed by atoms with Gasteiger partial charge in [0.25, 0.3) is 0 Å². The first kappa shape index (κ1) is 10.9. The summed E-state index contributed by atoms with van der Waals surface area (Å²) in [6, 6.07) is 7.97. The summed E-state index contributed by atoms with van der Waals surface area (Å²) in [5.41, 5.74) is 1.24. The van der Waals surface area contributed by atoms with Crippen LogP contribution in [-0.2, 0) is 0 Å². The van der Waals surface area contributed by atoms with Crippen molar-refractivity contribution < 1.29 is 5.11 Å². The zero-order valence-electron chi connectivity index (χ0n) is 8.86. The third-order valence-electron chi connectivity index (χ3n) is 3.13. The fourth-order valence-electron chi connectivity index (χ4n) is 2.39. The van der Waals surface area contributed by atoms with Gasteiger partial charge in [-0.2, -0.15) is 0 Å². The molecule has 15 heavy (non-hydrogen) atoms. The number of aliphatic hydroxyl groups is 1. The summed E-state index contributed by atoms with van der Waals surface area (Å²) in [4.78, 5) is 2.26. The average molecular weight is 226 g/mol. The van der Waals surface area contributed by atoms with E-state index in [-0.39, 0.29) is 6.61 Å². The van der Waals surface area contributed by atoms with Crippen LogP contribution in [0.4, 0.5) is 0 Å². The number of hydrogen-bond donors (Lipinski definition) is 1. The first-order valence-electron chi connectivity index (χ1n) is 5.25. The van der Waals surface area contributed by atoms with Crippen LogP contribution in [0.25, 0.3) is 0 Å². The number of likely N-dealkylation sites (N-methyl/N-ethyl adjacent to an activating group) is 1. The van der Waals surface area contributed by atoms with Crippen LogP contribution < -0.4 is 0 Å². The Labute approximate surface area is 95.5 Å². The first-order valence-corrected chi connectivity index (χ1v) is 5.63. The van der Waals surface area contributed by atoms with Crippen molar-refractivity contribution >= 4 is 11.6 Å². The summed E-state index contributed by atoms with van der Waals surface area (Å²) in [6.45, 7) is 2.22. The second-order valence-electron chi connectivity index (χ2n) is 4.33. The molecule has 1 saturated heterocycles. The third kappa shape index (κ3) is 2.33. The van der Waals surface area contributed by atoms with Crippen molar-refractivity contribution in [1.29, 1.82) is 0 Å². The molecule has 82 valence electrons. The SMILES string of the molecule is CN1C[C@H](CO)[C@H](c2cccc(Cl)c2)C1. The van der Waals surface area contributed by atoms with Crippen LogP contribution in [0.2, 0.25) is 5.02 Å². The van der Waals surface area contributed by atoms with Gasteiger partial charge in [-0.1, -0.05) is 23.7 Å². The van der Waals surface area contributed by atoms with Gasteiger partial charge in [-0.25, -0.2) is 0 Å². The van der Waals surface area contributed by atoms with Gasteiger partial charge < -0.3 is 10.0 Å².